The zero-order chi connectivity index (χ0) is 12.7. The van der Waals surface area contributed by atoms with Gasteiger partial charge in [-0.05, 0) is 68.5 Å². The number of halogens is 1. The molecule has 0 aromatic heterocycles. The molecule has 1 aromatic carbocycles. The molecule has 0 radical (unpaired) electrons. The van der Waals surface area contributed by atoms with Gasteiger partial charge in [0.1, 0.15) is 5.82 Å². The third kappa shape index (κ3) is 5.83. The van der Waals surface area contributed by atoms with Gasteiger partial charge in [0.15, 0.2) is 0 Å². The van der Waals surface area contributed by atoms with Crippen molar-refractivity contribution in [2.75, 3.05) is 13.1 Å². The monoisotopic (exact) mass is 237 g/mol. The van der Waals surface area contributed by atoms with E-state index < -0.39 is 0 Å². The van der Waals surface area contributed by atoms with Gasteiger partial charge in [0, 0.05) is 0 Å². The van der Waals surface area contributed by atoms with Gasteiger partial charge in [-0.3, -0.25) is 0 Å². The lowest BCUT2D eigenvalue weighted by molar-refractivity contribution is 0.528. The summed E-state index contributed by atoms with van der Waals surface area (Å²) >= 11 is 0. The highest BCUT2D eigenvalue weighted by molar-refractivity contribution is 5.26. The maximum atomic E-state index is 12.9. The molecular weight excluding hydrogens is 213 g/mol. The second-order valence-electron chi connectivity index (χ2n) is 5.11. The normalized spacial score (nSPS) is 11.1. The van der Waals surface area contributed by atoms with Gasteiger partial charge in [-0.1, -0.05) is 19.9 Å². The third-order valence-electron chi connectivity index (χ3n) is 3.01. The molecule has 1 aromatic rings. The Labute approximate surface area is 104 Å². The molecule has 0 spiro atoms. The maximum Gasteiger partial charge on any atom is 0.123 e. The Kier molecular flexibility index (Phi) is 6.20. The third-order valence-corrected chi connectivity index (χ3v) is 3.01. The molecule has 0 aliphatic carbocycles. The van der Waals surface area contributed by atoms with Crippen LogP contribution < -0.4 is 5.32 Å². The summed E-state index contributed by atoms with van der Waals surface area (Å²) in [4.78, 5) is 0. The first kappa shape index (κ1) is 14.2. The molecule has 0 amide bonds. The van der Waals surface area contributed by atoms with Crippen molar-refractivity contribution < 1.29 is 4.39 Å². The first-order chi connectivity index (χ1) is 8.09. The standard InChI is InChI=1S/C15H24FN/c1-12(2)5-4-9-17-10-8-14-6-7-15(16)11-13(14)3/h6-7,11-12,17H,4-5,8-10H2,1-3H3. The number of benzene rings is 1. The molecule has 0 atom stereocenters. The summed E-state index contributed by atoms with van der Waals surface area (Å²) in [6.45, 7) is 8.53. The van der Waals surface area contributed by atoms with Crippen LogP contribution in [0.3, 0.4) is 0 Å². The molecule has 1 nitrogen and oxygen atoms in total. The Morgan fingerprint density at radius 2 is 2.00 bits per heavy atom. The maximum absolute atomic E-state index is 12.9. The van der Waals surface area contributed by atoms with Crippen LogP contribution in [0.25, 0.3) is 0 Å². The summed E-state index contributed by atoms with van der Waals surface area (Å²) in [5, 5.41) is 3.44. The van der Waals surface area contributed by atoms with Gasteiger partial charge < -0.3 is 5.32 Å². The number of nitrogens with one attached hydrogen (secondary N) is 1. The van der Waals surface area contributed by atoms with E-state index >= 15 is 0 Å². The minimum Gasteiger partial charge on any atom is -0.316 e. The molecule has 2 heteroatoms. The zero-order valence-electron chi connectivity index (χ0n) is 11.2. The molecule has 96 valence electrons. The lowest BCUT2D eigenvalue weighted by Crippen LogP contribution is -2.19. The highest BCUT2D eigenvalue weighted by Gasteiger charge is 2.00. The number of hydrogen-bond donors (Lipinski definition) is 1. The van der Waals surface area contributed by atoms with Gasteiger partial charge in [0.2, 0.25) is 0 Å². The smallest absolute Gasteiger partial charge is 0.123 e. The summed E-state index contributed by atoms with van der Waals surface area (Å²) in [7, 11) is 0. The van der Waals surface area contributed by atoms with Crippen LogP contribution in [0.15, 0.2) is 18.2 Å². The summed E-state index contributed by atoms with van der Waals surface area (Å²) in [6, 6.07) is 5.04. The van der Waals surface area contributed by atoms with Crippen LogP contribution in [0.1, 0.15) is 37.8 Å². The molecule has 0 aliphatic rings. The Bertz CT molecular complexity index is 334. The summed E-state index contributed by atoms with van der Waals surface area (Å²) < 4.78 is 12.9. The van der Waals surface area contributed by atoms with Gasteiger partial charge >= 0.3 is 0 Å². The predicted molar refractivity (Wildman–Crippen MR) is 71.8 cm³/mol. The second-order valence-corrected chi connectivity index (χ2v) is 5.11. The molecule has 0 bridgehead atoms. The van der Waals surface area contributed by atoms with Crippen molar-refractivity contribution in [3.8, 4) is 0 Å². The van der Waals surface area contributed by atoms with E-state index in [0.29, 0.717) is 0 Å². The van der Waals surface area contributed by atoms with Gasteiger partial charge in [-0.25, -0.2) is 4.39 Å². The lowest BCUT2D eigenvalue weighted by atomic mass is 10.1. The van der Waals surface area contributed by atoms with Gasteiger partial charge in [0.05, 0.1) is 0 Å². The van der Waals surface area contributed by atoms with Crippen molar-refractivity contribution >= 4 is 0 Å². The van der Waals surface area contributed by atoms with E-state index in [4.69, 9.17) is 0 Å². The van der Waals surface area contributed by atoms with Gasteiger partial charge in [-0.2, -0.15) is 0 Å². The Hall–Kier alpha value is -0.890. The molecule has 0 heterocycles. The fraction of sp³-hybridized carbons (Fsp3) is 0.600. The van der Waals surface area contributed by atoms with Crippen LogP contribution in [0.4, 0.5) is 4.39 Å². The van der Waals surface area contributed by atoms with E-state index in [1.165, 1.54) is 18.4 Å². The van der Waals surface area contributed by atoms with Crippen molar-refractivity contribution in [2.45, 2.75) is 40.0 Å². The van der Waals surface area contributed by atoms with Crippen molar-refractivity contribution in [3.63, 3.8) is 0 Å². The summed E-state index contributed by atoms with van der Waals surface area (Å²) in [5.41, 5.74) is 2.29. The van der Waals surface area contributed by atoms with E-state index in [9.17, 15) is 4.39 Å². The molecule has 0 saturated carbocycles. The first-order valence-electron chi connectivity index (χ1n) is 6.55. The molecular formula is C15H24FN. The minimum atomic E-state index is -0.142. The Morgan fingerprint density at radius 1 is 1.24 bits per heavy atom. The summed E-state index contributed by atoms with van der Waals surface area (Å²) in [6.07, 6.45) is 3.50. The Balaban J connectivity index is 2.18. The minimum absolute atomic E-state index is 0.142. The average molecular weight is 237 g/mol. The predicted octanol–water partition coefficient (Wildman–Crippen LogP) is 3.70. The molecule has 1 rings (SSSR count). The van der Waals surface area contributed by atoms with E-state index in [1.54, 1.807) is 12.1 Å². The van der Waals surface area contributed by atoms with Crippen LogP contribution in [-0.2, 0) is 6.42 Å². The van der Waals surface area contributed by atoms with Crippen LogP contribution in [0, 0.1) is 18.7 Å². The highest BCUT2D eigenvalue weighted by atomic mass is 19.1. The molecule has 0 saturated heterocycles. The van der Waals surface area contributed by atoms with E-state index in [-0.39, 0.29) is 5.82 Å². The fourth-order valence-corrected chi connectivity index (χ4v) is 1.92. The zero-order valence-corrected chi connectivity index (χ0v) is 11.2. The largest absolute Gasteiger partial charge is 0.316 e. The molecule has 0 fully saturated rings. The SMILES string of the molecule is Cc1cc(F)ccc1CCNCCCC(C)C. The number of rotatable bonds is 7. The molecule has 1 N–H and O–H groups in total. The van der Waals surface area contributed by atoms with Crippen LogP contribution in [0.5, 0.6) is 0 Å². The van der Waals surface area contributed by atoms with E-state index in [0.717, 1.165) is 31.0 Å². The Morgan fingerprint density at radius 3 is 2.65 bits per heavy atom. The van der Waals surface area contributed by atoms with Crippen LogP contribution in [-0.4, -0.2) is 13.1 Å². The quantitative estimate of drug-likeness (QED) is 0.713. The summed E-state index contributed by atoms with van der Waals surface area (Å²) in [5.74, 6) is 0.646. The number of aryl methyl sites for hydroxylation is 1. The van der Waals surface area contributed by atoms with Gasteiger partial charge in [-0.15, -0.1) is 0 Å². The highest BCUT2D eigenvalue weighted by Crippen LogP contribution is 2.10. The average Bonchev–Trinajstić information content (AvgIpc) is 2.25. The lowest BCUT2D eigenvalue weighted by Gasteiger charge is -2.08. The second kappa shape index (κ2) is 7.44. The van der Waals surface area contributed by atoms with E-state index in [2.05, 4.69) is 19.2 Å². The topological polar surface area (TPSA) is 12.0 Å². The first-order valence-corrected chi connectivity index (χ1v) is 6.55. The van der Waals surface area contributed by atoms with Crippen molar-refractivity contribution in [1.29, 1.82) is 0 Å². The van der Waals surface area contributed by atoms with E-state index in [1.807, 2.05) is 13.0 Å². The van der Waals surface area contributed by atoms with Crippen molar-refractivity contribution in [2.24, 2.45) is 5.92 Å². The van der Waals surface area contributed by atoms with Crippen LogP contribution in [0.2, 0.25) is 0 Å². The molecule has 0 aliphatic heterocycles. The fourth-order valence-electron chi connectivity index (χ4n) is 1.92. The molecule has 0 unspecified atom stereocenters. The van der Waals surface area contributed by atoms with Crippen molar-refractivity contribution in [1.82, 2.24) is 5.32 Å². The van der Waals surface area contributed by atoms with Crippen LogP contribution >= 0.6 is 0 Å². The van der Waals surface area contributed by atoms with Crippen molar-refractivity contribution in [3.05, 3.63) is 35.1 Å². The van der Waals surface area contributed by atoms with Gasteiger partial charge in [0.25, 0.3) is 0 Å². The molecule has 17 heavy (non-hydrogen) atoms. The number of hydrogen-bond acceptors (Lipinski definition) is 1.